The van der Waals surface area contributed by atoms with Crippen LogP contribution in [-0.2, 0) is 11.3 Å². The number of rotatable bonds is 6. The van der Waals surface area contributed by atoms with Gasteiger partial charge >= 0.3 is 0 Å². The van der Waals surface area contributed by atoms with Crippen LogP contribution in [0.15, 0.2) is 6.20 Å². The topological polar surface area (TPSA) is 70.1 Å². The van der Waals surface area contributed by atoms with Gasteiger partial charge in [-0.05, 0) is 12.8 Å². The van der Waals surface area contributed by atoms with E-state index in [1.165, 1.54) is 19.0 Å². The summed E-state index contributed by atoms with van der Waals surface area (Å²) in [5.41, 5.74) is 6.00. The second kappa shape index (κ2) is 7.38. The number of aromatic nitrogens is 2. The molecule has 0 bridgehead atoms. The van der Waals surface area contributed by atoms with Crippen molar-refractivity contribution >= 4 is 17.4 Å². The smallest absolute Gasteiger partial charge is 0.189 e. The summed E-state index contributed by atoms with van der Waals surface area (Å²) in [6.45, 7) is 1.39. The summed E-state index contributed by atoms with van der Waals surface area (Å²) in [4.78, 5) is 13.1. The van der Waals surface area contributed by atoms with Gasteiger partial charge in [0.2, 0.25) is 0 Å². The number of halogens is 1. The molecular weight excluding hydrogens is 290 g/mol. The molecule has 0 aromatic carbocycles. The highest BCUT2D eigenvalue weighted by molar-refractivity contribution is 6.33. The molecule has 1 saturated carbocycles. The van der Waals surface area contributed by atoms with Crippen molar-refractivity contribution in [3.8, 4) is 0 Å². The van der Waals surface area contributed by atoms with Gasteiger partial charge < -0.3 is 10.5 Å². The van der Waals surface area contributed by atoms with E-state index in [4.69, 9.17) is 22.1 Å². The molecule has 1 aliphatic carbocycles. The van der Waals surface area contributed by atoms with Gasteiger partial charge in [-0.1, -0.05) is 37.3 Å². The van der Waals surface area contributed by atoms with Gasteiger partial charge in [-0.3, -0.25) is 9.48 Å². The van der Waals surface area contributed by atoms with E-state index in [1.807, 2.05) is 0 Å². The summed E-state index contributed by atoms with van der Waals surface area (Å²) in [6.07, 6.45) is 7.66. The van der Waals surface area contributed by atoms with Crippen molar-refractivity contribution in [1.82, 2.24) is 9.78 Å². The molecule has 0 unspecified atom stereocenters. The number of methoxy groups -OCH3 is 1. The molecule has 6 heteroatoms. The standard InChI is InChI=1S/C15H24ClN3O2/c1-21-9-8-19-13(12(16)10-18-19)14(20)15(11-17)6-4-2-3-5-7-15/h10H,2-9,11,17H2,1H3. The van der Waals surface area contributed by atoms with E-state index >= 15 is 0 Å². The van der Waals surface area contributed by atoms with Gasteiger partial charge in [-0.25, -0.2) is 0 Å². The minimum atomic E-state index is -0.481. The Kier molecular flexibility index (Phi) is 5.79. The monoisotopic (exact) mass is 313 g/mol. The Bertz CT molecular complexity index is 479. The Morgan fingerprint density at radius 3 is 2.67 bits per heavy atom. The van der Waals surface area contributed by atoms with E-state index in [-0.39, 0.29) is 5.78 Å². The van der Waals surface area contributed by atoms with Crippen LogP contribution in [0.3, 0.4) is 0 Å². The minimum absolute atomic E-state index is 0.0468. The number of carbonyl (C=O) groups is 1. The lowest BCUT2D eigenvalue weighted by Gasteiger charge is -2.30. The fraction of sp³-hybridized carbons (Fsp3) is 0.733. The molecule has 0 aliphatic heterocycles. The van der Waals surface area contributed by atoms with Crippen molar-refractivity contribution < 1.29 is 9.53 Å². The van der Waals surface area contributed by atoms with E-state index in [0.29, 0.717) is 30.4 Å². The Balaban J connectivity index is 2.30. The lowest BCUT2D eigenvalue weighted by atomic mass is 9.75. The molecule has 1 aromatic heterocycles. The molecule has 1 fully saturated rings. The van der Waals surface area contributed by atoms with Gasteiger partial charge in [0.15, 0.2) is 5.78 Å². The maximum atomic E-state index is 13.1. The van der Waals surface area contributed by atoms with Gasteiger partial charge in [0.25, 0.3) is 0 Å². The van der Waals surface area contributed by atoms with E-state index in [2.05, 4.69) is 5.10 Å². The largest absolute Gasteiger partial charge is 0.383 e. The molecule has 2 rings (SSSR count). The maximum Gasteiger partial charge on any atom is 0.189 e. The summed E-state index contributed by atoms with van der Waals surface area (Å²) in [7, 11) is 1.62. The first kappa shape index (κ1) is 16.5. The number of Topliss-reactive ketones (excluding diaryl/α,β-unsaturated/α-hetero) is 1. The predicted molar refractivity (Wildman–Crippen MR) is 82.6 cm³/mol. The third kappa shape index (κ3) is 3.47. The van der Waals surface area contributed by atoms with Gasteiger partial charge in [-0.2, -0.15) is 5.10 Å². The van der Waals surface area contributed by atoms with Crippen molar-refractivity contribution in [2.45, 2.75) is 45.1 Å². The van der Waals surface area contributed by atoms with Crippen LogP contribution in [0.4, 0.5) is 0 Å². The van der Waals surface area contributed by atoms with Gasteiger partial charge in [0.1, 0.15) is 5.69 Å². The summed E-state index contributed by atoms with van der Waals surface area (Å²) in [6, 6.07) is 0. The van der Waals surface area contributed by atoms with E-state index in [9.17, 15) is 4.79 Å². The van der Waals surface area contributed by atoms with Gasteiger partial charge in [-0.15, -0.1) is 0 Å². The zero-order valence-corrected chi connectivity index (χ0v) is 13.4. The first-order valence-corrected chi connectivity index (χ1v) is 7.97. The number of carbonyl (C=O) groups excluding carboxylic acids is 1. The summed E-state index contributed by atoms with van der Waals surface area (Å²) >= 11 is 6.21. The zero-order chi connectivity index (χ0) is 15.3. The third-order valence-corrected chi connectivity index (χ3v) is 4.73. The Morgan fingerprint density at radius 2 is 2.10 bits per heavy atom. The Labute approximate surface area is 130 Å². The van der Waals surface area contributed by atoms with Gasteiger partial charge in [0, 0.05) is 19.1 Å². The van der Waals surface area contributed by atoms with Crippen molar-refractivity contribution in [2.75, 3.05) is 20.3 Å². The second-order valence-corrected chi connectivity index (χ2v) is 6.19. The predicted octanol–water partition coefficient (Wildman–Crippen LogP) is 2.66. The number of hydrogen-bond acceptors (Lipinski definition) is 4. The first-order chi connectivity index (χ1) is 10.1. The van der Waals surface area contributed by atoms with E-state index < -0.39 is 5.41 Å². The normalized spacial score (nSPS) is 18.4. The van der Waals surface area contributed by atoms with Crippen LogP contribution in [0.2, 0.25) is 5.02 Å². The summed E-state index contributed by atoms with van der Waals surface area (Å²) < 4.78 is 6.72. The summed E-state index contributed by atoms with van der Waals surface area (Å²) in [5.74, 6) is 0.0468. The molecule has 0 spiro atoms. The number of nitrogens with two attached hydrogens (primary N) is 1. The molecule has 21 heavy (non-hydrogen) atoms. The van der Waals surface area contributed by atoms with Gasteiger partial charge in [0.05, 0.1) is 24.4 Å². The molecule has 118 valence electrons. The van der Waals surface area contributed by atoms with Crippen molar-refractivity contribution in [3.05, 3.63) is 16.9 Å². The van der Waals surface area contributed by atoms with Crippen molar-refractivity contribution in [2.24, 2.45) is 11.1 Å². The molecule has 0 amide bonds. The molecule has 0 atom stereocenters. The number of nitrogens with zero attached hydrogens (tertiary/aromatic N) is 2. The van der Waals surface area contributed by atoms with E-state index in [1.54, 1.807) is 11.8 Å². The van der Waals surface area contributed by atoms with Crippen LogP contribution in [0.5, 0.6) is 0 Å². The highest BCUT2D eigenvalue weighted by atomic mass is 35.5. The van der Waals surface area contributed by atoms with Crippen LogP contribution < -0.4 is 5.73 Å². The maximum absolute atomic E-state index is 13.1. The highest BCUT2D eigenvalue weighted by Crippen LogP contribution is 2.38. The van der Waals surface area contributed by atoms with Crippen molar-refractivity contribution in [3.63, 3.8) is 0 Å². The van der Waals surface area contributed by atoms with Crippen LogP contribution in [-0.4, -0.2) is 35.8 Å². The summed E-state index contributed by atoms with van der Waals surface area (Å²) in [5, 5.41) is 4.61. The van der Waals surface area contributed by atoms with E-state index in [0.717, 1.165) is 25.7 Å². The second-order valence-electron chi connectivity index (χ2n) is 5.78. The Morgan fingerprint density at radius 1 is 1.43 bits per heavy atom. The molecule has 2 N–H and O–H groups in total. The average Bonchev–Trinajstić information content (AvgIpc) is 2.72. The van der Waals surface area contributed by atoms with Crippen molar-refractivity contribution in [1.29, 1.82) is 0 Å². The van der Waals surface area contributed by atoms with Crippen LogP contribution in [0.25, 0.3) is 0 Å². The fourth-order valence-electron chi connectivity index (χ4n) is 3.12. The molecule has 1 aromatic rings. The lowest BCUT2D eigenvalue weighted by molar-refractivity contribution is 0.0759. The zero-order valence-electron chi connectivity index (χ0n) is 12.6. The Hall–Kier alpha value is -0.910. The van der Waals surface area contributed by atoms with Crippen LogP contribution >= 0.6 is 11.6 Å². The quantitative estimate of drug-likeness (QED) is 0.647. The SMILES string of the molecule is COCCn1ncc(Cl)c1C(=O)C1(CN)CCCCCC1. The number of hydrogen-bond donors (Lipinski definition) is 1. The lowest BCUT2D eigenvalue weighted by Crippen LogP contribution is -2.39. The highest BCUT2D eigenvalue weighted by Gasteiger charge is 2.40. The molecule has 0 saturated heterocycles. The average molecular weight is 314 g/mol. The van der Waals surface area contributed by atoms with Crippen LogP contribution in [0, 0.1) is 5.41 Å². The minimum Gasteiger partial charge on any atom is -0.383 e. The molecular formula is C15H24ClN3O2. The molecule has 5 nitrogen and oxygen atoms in total. The number of ether oxygens (including phenoxy) is 1. The van der Waals surface area contributed by atoms with Crippen LogP contribution in [0.1, 0.15) is 49.0 Å². The number of ketones is 1. The third-order valence-electron chi connectivity index (χ3n) is 4.45. The first-order valence-electron chi connectivity index (χ1n) is 7.60. The molecule has 1 aliphatic rings. The molecule has 1 heterocycles. The fourth-order valence-corrected chi connectivity index (χ4v) is 3.34. The molecule has 0 radical (unpaired) electrons.